The molecule has 6 heteroatoms. The zero-order chi connectivity index (χ0) is 13.4. The highest BCUT2D eigenvalue weighted by molar-refractivity contribution is 5.96. The molecule has 1 aliphatic heterocycles. The van der Waals surface area contributed by atoms with Crippen LogP contribution in [0.3, 0.4) is 0 Å². The molecule has 2 atom stereocenters. The molecule has 2 N–H and O–H groups in total. The third kappa shape index (κ3) is 2.02. The number of aliphatic hydroxyl groups excluding tert-OH is 1. The molecule has 2 rings (SSSR count). The summed E-state index contributed by atoms with van der Waals surface area (Å²) < 4.78 is 1.71. The second kappa shape index (κ2) is 4.70. The molecule has 0 saturated carbocycles. The summed E-state index contributed by atoms with van der Waals surface area (Å²) >= 11 is 0. The van der Waals surface area contributed by atoms with Crippen molar-refractivity contribution in [3.05, 3.63) is 17.0 Å². The van der Waals surface area contributed by atoms with Crippen LogP contribution in [-0.4, -0.2) is 58.0 Å². The van der Waals surface area contributed by atoms with Gasteiger partial charge in [0.1, 0.15) is 0 Å². The van der Waals surface area contributed by atoms with Crippen LogP contribution < -0.4 is 5.32 Å². The molecule has 0 aliphatic carbocycles. The van der Waals surface area contributed by atoms with E-state index in [9.17, 15) is 9.90 Å². The molecule has 2 heterocycles. The maximum absolute atomic E-state index is 12.5. The van der Waals surface area contributed by atoms with Crippen LogP contribution in [0.4, 0.5) is 0 Å². The molecule has 1 fully saturated rings. The summed E-state index contributed by atoms with van der Waals surface area (Å²) in [6, 6.07) is -0.170. The molecule has 18 heavy (non-hydrogen) atoms. The highest BCUT2D eigenvalue weighted by Crippen LogP contribution is 2.17. The Balaban J connectivity index is 2.25. The van der Waals surface area contributed by atoms with E-state index in [1.807, 2.05) is 20.9 Å². The summed E-state index contributed by atoms with van der Waals surface area (Å²) in [5.41, 5.74) is 2.22. The van der Waals surface area contributed by atoms with Crippen molar-refractivity contribution in [1.82, 2.24) is 20.0 Å². The number of β-amino-alcohol motifs (C(OH)–C–C–N with tert-alkyl or cyclic N) is 1. The van der Waals surface area contributed by atoms with E-state index in [0.29, 0.717) is 18.7 Å². The van der Waals surface area contributed by atoms with Crippen LogP contribution in [0.1, 0.15) is 21.7 Å². The normalized spacial score (nSPS) is 23.4. The van der Waals surface area contributed by atoms with Crippen molar-refractivity contribution in [3.63, 3.8) is 0 Å². The number of amides is 1. The molecule has 0 aromatic carbocycles. The molecule has 1 amide bonds. The maximum Gasteiger partial charge on any atom is 0.257 e. The summed E-state index contributed by atoms with van der Waals surface area (Å²) in [5, 5.41) is 17.2. The first kappa shape index (κ1) is 13.0. The molecule has 100 valence electrons. The van der Waals surface area contributed by atoms with E-state index in [2.05, 4.69) is 10.4 Å². The van der Waals surface area contributed by atoms with E-state index in [-0.39, 0.29) is 11.9 Å². The first-order valence-electron chi connectivity index (χ1n) is 6.09. The predicted octanol–water partition coefficient (Wildman–Crippen LogP) is -0.558. The Bertz CT molecular complexity index is 469. The maximum atomic E-state index is 12.5. The first-order chi connectivity index (χ1) is 8.43. The van der Waals surface area contributed by atoms with E-state index in [1.165, 1.54) is 0 Å². The number of aryl methyl sites for hydroxylation is 2. The number of carbonyl (C=O) groups is 1. The van der Waals surface area contributed by atoms with Gasteiger partial charge < -0.3 is 15.3 Å². The van der Waals surface area contributed by atoms with Crippen molar-refractivity contribution in [2.24, 2.45) is 7.05 Å². The average molecular weight is 252 g/mol. The molecule has 1 aromatic heterocycles. The number of carbonyl (C=O) groups excluding carboxylic acids is 1. The van der Waals surface area contributed by atoms with Gasteiger partial charge in [0.05, 0.1) is 23.4 Å². The van der Waals surface area contributed by atoms with Gasteiger partial charge in [-0.25, -0.2) is 0 Å². The zero-order valence-electron chi connectivity index (χ0n) is 11.3. The van der Waals surface area contributed by atoms with Gasteiger partial charge in [-0.05, 0) is 13.8 Å². The van der Waals surface area contributed by atoms with Crippen LogP contribution in [0, 0.1) is 13.8 Å². The minimum atomic E-state index is -0.503. The predicted molar refractivity (Wildman–Crippen MR) is 67.4 cm³/mol. The Morgan fingerprint density at radius 2 is 2.17 bits per heavy atom. The van der Waals surface area contributed by atoms with Crippen molar-refractivity contribution < 1.29 is 9.90 Å². The van der Waals surface area contributed by atoms with Gasteiger partial charge >= 0.3 is 0 Å². The Morgan fingerprint density at radius 3 is 2.61 bits per heavy atom. The van der Waals surface area contributed by atoms with E-state index in [1.54, 1.807) is 16.6 Å². The van der Waals surface area contributed by atoms with Gasteiger partial charge in [-0.3, -0.25) is 9.48 Å². The number of hydrogen-bond acceptors (Lipinski definition) is 4. The quantitative estimate of drug-likeness (QED) is 0.740. The molecule has 0 bridgehead atoms. The fraction of sp³-hybridized carbons (Fsp3) is 0.667. The monoisotopic (exact) mass is 252 g/mol. The summed E-state index contributed by atoms with van der Waals surface area (Å²) in [6.07, 6.45) is -0.503. The molecular weight excluding hydrogens is 232 g/mol. The fourth-order valence-corrected chi connectivity index (χ4v) is 2.46. The molecule has 1 aromatic rings. The van der Waals surface area contributed by atoms with Crippen molar-refractivity contribution in [1.29, 1.82) is 0 Å². The molecule has 6 nitrogen and oxygen atoms in total. The molecule has 0 unspecified atom stereocenters. The molecule has 1 saturated heterocycles. The lowest BCUT2D eigenvalue weighted by atomic mass is 10.1. The number of nitrogens with zero attached hydrogens (tertiary/aromatic N) is 3. The van der Waals surface area contributed by atoms with Crippen LogP contribution in [0.2, 0.25) is 0 Å². The summed E-state index contributed by atoms with van der Waals surface area (Å²) in [4.78, 5) is 14.1. The SMILES string of the molecule is Cc1nn(C)c(C)c1C(=O)N(C)[C@@H]1CNC[C@H]1O. The number of rotatable bonds is 2. The number of hydrogen-bond donors (Lipinski definition) is 2. The highest BCUT2D eigenvalue weighted by Gasteiger charge is 2.33. The van der Waals surface area contributed by atoms with Crippen LogP contribution >= 0.6 is 0 Å². The Labute approximate surface area is 107 Å². The van der Waals surface area contributed by atoms with Gasteiger partial charge in [0.25, 0.3) is 5.91 Å². The third-order valence-electron chi connectivity index (χ3n) is 3.69. The van der Waals surface area contributed by atoms with Crippen LogP contribution in [0.15, 0.2) is 0 Å². The number of likely N-dealkylation sites (N-methyl/N-ethyl adjacent to an activating group) is 1. The lowest BCUT2D eigenvalue weighted by Gasteiger charge is -2.26. The van der Waals surface area contributed by atoms with Crippen molar-refractivity contribution in [2.45, 2.75) is 26.0 Å². The standard InChI is InChI=1S/C12H20N4O2/c1-7-11(8(2)16(4)14-7)12(18)15(3)9-5-13-6-10(9)17/h9-10,13,17H,5-6H2,1-4H3/t9-,10-/m1/s1. The fourth-order valence-electron chi connectivity index (χ4n) is 2.46. The topological polar surface area (TPSA) is 70.4 Å². The van der Waals surface area contributed by atoms with E-state index in [4.69, 9.17) is 0 Å². The molecule has 0 spiro atoms. The van der Waals surface area contributed by atoms with Gasteiger partial charge in [-0.1, -0.05) is 0 Å². The Morgan fingerprint density at radius 1 is 1.50 bits per heavy atom. The van der Waals surface area contributed by atoms with Crippen molar-refractivity contribution in [2.75, 3.05) is 20.1 Å². The Hall–Kier alpha value is -1.40. The summed E-state index contributed by atoms with van der Waals surface area (Å²) in [7, 11) is 3.56. The second-order valence-electron chi connectivity index (χ2n) is 4.88. The van der Waals surface area contributed by atoms with Crippen LogP contribution in [-0.2, 0) is 7.05 Å². The van der Waals surface area contributed by atoms with Gasteiger partial charge in [0.15, 0.2) is 0 Å². The number of nitrogens with one attached hydrogen (secondary N) is 1. The van der Waals surface area contributed by atoms with Gasteiger partial charge in [0, 0.05) is 32.9 Å². The van der Waals surface area contributed by atoms with Crippen LogP contribution in [0.5, 0.6) is 0 Å². The lowest BCUT2D eigenvalue weighted by Crippen LogP contribution is -2.44. The lowest BCUT2D eigenvalue weighted by molar-refractivity contribution is 0.0579. The van der Waals surface area contributed by atoms with Gasteiger partial charge in [0.2, 0.25) is 0 Å². The number of aromatic nitrogens is 2. The zero-order valence-corrected chi connectivity index (χ0v) is 11.3. The van der Waals surface area contributed by atoms with Crippen LogP contribution in [0.25, 0.3) is 0 Å². The number of aliphatic hydroxyl groups is 1. The van der Waals surface area contributed by atoms with Gasteiger partial charge in [-0.15, -0.1) is 0 Å². The van der Waals surface area contributed by atoms with Crippen molar-refractivity contribution in [3.8, 4) is 0 Å². The largest absolute Gasteiger partial charge is 0.390 e. The molecular formula is C12H20N4O2. The summed E-state index contributed by atoms with van der Waals surface area (Å²) in [5.74, 6) is -0.0779. The molecule has 1 aliphatic rings. The minimum absolute atomic E-state index is 0.0779. The highest BCUT2D eigenvalue weighted by atomic mass is 16.3. The van der Waals surface area contributed by atoms with Gasteiger partial charge in [-0.2, -0.15) is 5.10 Å². The molecule has 0 radical (unpaired) electrons. The third-order valence-corrected chi connectivity index (χ3v) is 3.69. The summed E-state index contributed by atoms with van der Waals surface area (Å²) in [6.45, 7) is 4.87. The second-order valence-corrected chi connectivity index (χ2v) is 4.88. The smallest absolute Gasteiger partial charge is 0.257 e. The van der Waals surface area contributed by atoms with E-state index < -0.39 is 6.10 Å². The minimum Gasteiger partial charge on any atom is -0.390 e. The Kier molecular flexibility index (Phi) is 3.41. The average Bonchev–Trinajstić information content (AvgIpc) is 2.83. The van der Waals surface area contributed by atoms with E-state index >= 15 is 0 Å². The van der Waals surface area contributed by atoms with Crippen molar-refractivity contribution >= 4 is 5.91 Å². The van der Waals surface area contributed by atoms with E-state index in [0.717, 1.165) is 11.4 Å². The first-order valence-corrected chi connectivity index (χ1v) is 6.09.